The number of esters is 2. The van der Waals surface area contributed by atoms with Gasteiger partial charge in [0.25, 0.3) is 5.91 Å². The maximum Gasteiger partial charge on any atom is 0.306 e. The number of rotatable bonds is 54. The van der Waals surface area contributed by atoms with Crippen molar-refractivity contribution >= 4 is 23.8 Å². The Morgan fingerprint density at radius 1 is 0.479 bits per heavy atom. The van der Waals surface area contributed by atoms with E-state index < -0.39 is 0 Å². The van der Waals surface area contributed by atoms with E-state index in [0.29, 0.717) is 84.4 Å². The molecule has 0 saturated heterocycles. The summed E-state index contributed by atoms with van der Waals surface area (Å²) < 4.78 is 34.3. The van der Waals surface area contributed by atoms with Crippen LogP contribution in [0, 0.1) is 0 Å². The molecular formula is C57H106N4O10. The SMILES string of the molecule is CCCCCCCCC(CCCCCCCC)OC(=O)CCCCCCCN(CCCCCCCC(=O)OC(CCC)CCCCC)C(=O)CCOCCOCCOCCOCCNC(=O)c1cnc[nH]1. The topological polar surface area (TPSA) is 168 Å². The van der Waals surface area contributed by atoms with E-state index in [-0.39, 0.29) is 36.0 Å². The van der Waals surface area contributed by atoms with Crippen molar-refractivity contribution in [3.63, 3.8) is 0 Å². The molecule has 1 heterocycles. The fourth-order valence-corrected chi connectivity index (χ4v) is 8.62. The number of hydrogen-bond acceptors (Lipinski definition) is 11. The Kier molecular flexibility index (Phi) is 46.9. The summed E-state index contributed by atoms with van der Waals surface area (Å²) in [4.78, 5) is 59.4. The van der Waals surface area contributed by atoms with Gasteiger partial charge in [0.15, 0.2) is 0 Å². The number of hydrogen-bond donors (Lipinski definition) is 2. The van der Waals surface area contributed by atoms with Gasteiger partial charge in [-0.05, 0) is 70.6 Å². The third kappa shape index (κ3) is 42.0. The molecule has 0 aliphatic carbocycles. The van der Waals surface area contributed by atoms with Gasteiger partial charge in [-0.15, -0.1) is 0 Å². The summed E-state index contributed by atoms with van der Waals surface area (Å²) >= 11 is 0. The monoisotopic (exact) mass is 1010 g/mol. The molecule has 2 N–H and O–H groups in total. The molecule has 14 heteroatoms. The number of unbranched alkanes of at least 4 members (excludes halogenated alkanes) is 20. The highest BCUT2D eigenvalue weighted by molar-refractivity contribution is 5.91. The standard InChI is InChI=1S/C57H106N4O10/c1-5-9-12-14-18-25-33-52(34-26-19-15-13-10-6-2)71-56(64)36-28-21-17-23-30-40-61(39-29-22-16-20-27-35-55(63)70-51(31-8-4)32-24-11-7-3)54(62)37-41-66-43-45-68-47-48-69-46-44-67-42-38-59-57(65)53-49-58-50-60-53/h49-52H,5-48H2,1-4H3,(H,58,60)(H,59,65). The van der Waals surface area contributed by atoms with Crippen molar-refractivity contribution in [2.45, 2.75) is 252 Å². The third-order valence-corrected chi connectivity index (χ3v) is 12.9. The van der Waals surface area contributed by atoms with E-state index in [1.807, 2.05) is 4.90 Å². The number of H-pyrrole nitrogens is 1. The molecule has 14 nitrogen and oxygen atoms in total. The Morgan fingerprint density at radius 3 is 1.37 bits per heavy atom. The van der Waals surface area contributed by atoms with Crippen molar-refractivity contribution in [3.8, 4) is 0 Å². The number of ether oxygens (including phenoxy) is 6. The van der Waals surface area contributed by atoms with Gasteiger partial charge < -0.3 is 43.6 Å². The number of aromatic nitrogens is 2. The first-order valence-corrected chi connectivity index (χ1v) is 29.1. The molecule has 0 spiro atoms. The minimum atomic E-state index is -0.220. The molecule has 1 aromatic rings. The molecule has 0 aromatic carbocycles. The molecular weight excluding hydrogens is 901 g/mol. The van der Waals surface area contributed by atoms with Crippen LogP contribution in [0.4, 0.5) is 0 Å². The van der Waals surface area contributed by atoms with E-state index in [1.165, 1.54) is 89.6 Å². The van der Waals surface area contributed by atoms with Crippen LogP contribution in [0.5, 0.6) is 0 Å². The van der Waals surface area contributed by atoms with Crippen LogP contribution in [0.25, 0.3) is 0 Å². The quantitative estimate of drug-likeness (QED) is 0.0471. The summed E-state index contributed by atoms with van der Waals surface area (Å²) in [5.74, 6) is -0.204. The van der Waals surface area contributed by atoms with Crippen LogP contribution in [0.3, 0.4) is 0 Å². The molecule has 0 saturated carbocycles. The fourth-order valence-electron chi connectivity index (χ4n) is 8.62. The van der Waals surface area contributed by atoms with E-state index >= 15 is 0 Å². The first-order chi connectivity index (χ1) is 34.8. The smallest absolute Gasteiger partial charge is 0.306 e. The summed E-state index contributed by atoms with van der Waals surface area (Å²) in [7, 11) is 0. The molecule has 0 radical (unpaired) electrons. The Labute approximate surface area is 432 Å². The molecule has 1 aromatic heterocycles. The van der Waals surface area contributed by atoms with Crippen molar-refractivity contribution < 1.29 is 47.6 Å². The summed E-state index contributed by atoms with van der Waals surface area (Å²) in [6, 6.07) is 0. The number of amides is 2. The number of carbonyl (C=O) groups excluding carboxylic acids is 4. The van der Waals surface area contributed by atoms with Crippen LogP contribution in [-0.2, 0) is 42.8 Å². The number of carbonyl (C=O) groups is 4. The Morgan fingerprint density at radius 2 is 0.887 bits per heavy atom. The van der Waals surface area contributed by atoms with E-state index in [4.69, 9.17) is 28.4 Å². The first kappa shape index (κ1) is 65.9. The van der Waals surface area contributed by atoms with E-state index in [9.17, 15) is 19.2 Å². The highest BCUT2D eigenvalue weighted by Crippen LogP contribution is 2.19. The fraction of sp³-hybridized carbons (Fsp3) is 0.877. The van der Waals surface area contributed by atoms with Crippen molar-refractivity contribution in [2.24, 2.45) is 0 Å². The first-order valence-electron chi connectivity index (χ1n) is 29.1. The van der Waals surface area contributed by atoms with E-state index in [0.717, 1.165) is 129 Å². The minimum absolute atomic E-state index is 0.0360. The highest BCUT2D eigenvalue weighted by Gasteiger charge is 2.17. The largest absolute Gasteiger partial charge is 0.462 e. The Hall–Kier alpha value is -3.07. The molecule has 0 bridgehead atoms. The van der Waals surface area contributed by atoms with Gasteiger partial charge in [-0.3, -0.25) is 19.2 Å². The van der Waals surface area contributed by atoms with Crippen molar-refractivity contribution in [1.29, 1.82) is 0 Å². The Balaban J connectivity index is 2.40. The number of nitrogens with one attached hydrogen (secondary N) is 2. The Bertz CT molecular complexity index is 1340. The maximum atomic E-state index is 13.4. The number of nitrogens with zero attached hydrogens (tertiary/aromatic N) is 2. The van der Waals surface area contributed by atoms with Crippen LogP contribution >= 0.6 is 0 Å². The molecule has 0 fully saturated rings. The van der Waals surface area contributed by atoms with E-state index in [1.54, 1.807) is 0 Å². The number of aromatic amines is 1. The molecule has 0 aliphatic heterocycles. The van der Waals surface area contributed by atoms with Crippen LogP contribution < -0.4 is 5.32 Å². The van der Waals surface area contributed by atoms with Crippen LogP contribution in [0.1, 0.15) is 250 Å². The van der Waals surface area contributed by atoms with Gasteiger partial charge in [0, 0.05) is 32.5 Å². The van der Waals surface area contributed by atoms with Gasteiger partial charge in [0.05, 0.1) is 71.8 Å². The van der Waals surface area contributed by atoms with Gasteiger partial charge in [0.2, 0.25) is 5.91 Å². The zero-order valence-corrected chi connectivity index (χ0v) is 45.9. The summed E-state index contributed by atoms with van der Waals surface area (Å²) in [5.41, 5.74) is 0.413. The van der Waals surface area contributed by atoms with E-state index in [2.05, 4.69) is 43.0 Å². The zero-order valence-electron chi connectivity index (χ0n) is 45.9. The lowest BCUT2D eigenvalue weighted by Gasteiger charge is -2.23. The van der Waals surface area contributed by atoms with Gasteiger partial charge in [-0.25, -0.2) is 4.98 Å². The normalized spacial score (nSPS) is 11.8. The summed E-state index contributed by atoms with van der Waals surface area (Å²) in [5, 5.41) is 2.75. The van der Waals surface area contributed by atoms with Gasteiger partial charge in [0.1, 0.15) is 17.9 Å². The third-order valence-electron chi connectivity index (χ3n) is 12.9. The van der Waals surface area contributed by atoms with Crippen molar-refractivity contribution in [3.05, 3.63) is 18.2 Å². The molecule has 1 rings (SSSR count). The average Bonchev–Trinajstić information content (AvgIpc) is 3.91. The lowest BCUT2D eigenvalue weighted by Crippen LogP contribution is -2.33. The lowest BCUT2D eigenvalue weighted by atomic mass is 10.0. The predicted molar refractivity (Wildman–Crippen MR) is 286 cm³/mol. The van der Waals surface area contributed by atoms with Crippen molar-refractivity contribution in [1.82, 2.24) is 20.2 Å². The van der Waals surface area contributed by atoms with Gasteiger partial charge >= 0.3 is 11.9 Å². The summed E-state index contributed by atoms with van der Waals surface area (Å²) in [6.45, 7) is 13.9. The molecule has 414 valence electrons. The second kappa shape index (κ2) is 50.5. The zero-order chi connectivity index (χ0) is 51.5. The van der Waals surface area contributed by atoms with Crippen LogP contribution in [0.2, 0.25) is 0 Å². The lowest BCUT2D eigenvalue weighted by molar-refractivity contribution is -0.151. The molecule has 2 amide bonds. The van der Waals surface area contributed by atoms with Crippen molar-refractivity contribution in [2.75, 3.05) is 72.5 Å². The second-order valence-electron chi connectivity index (χ2n) is 19.5. The van der Waals surface area contributed by atoms with Crippen LogP contribution in [-0.4, -0.2) is 123 Å². The molecule has 1 unspecified atom stereocenters. The van der Waals surface area contributed by atoms with Crippen LogP contribution in [0.15, 0.2) is 12.5 Å². The second-order valence-corrected chi connectivity index (χ2v) is 19.5. The summed E-state index contributed by atoms with van der Waals surface area (Å²) in [6.07, 6.45) is 37.4. The maximum absolute atomic E-state index is 13.4. The number of imidazole rings is 1. The van der Waals surface area contributed by atoms with Gasteiger partial charge in [-0.1, -0.05) is 150 Å². The average molecular weight is 1010 g/mol. The predicted octanol–water partition coefficient (Wildman–Crippen LogP) is 12.8. The van der Waals surface area contributed by atoms with Gasteiger partial charge in [-0.2, -0.15) is 0 Å². The molecule has 1 atom stereocenters. The molecule has 0 aliphatic rings. The highest BCUT2D eigenvalue weighted by atomic mass is 16.6. The molecule has 71 heavy (non-hydrogen) atoms. The minimum Gasteiger partial charge on any atom is -0.462 e.